The average molecular weight is 380 g/mol. The van der Waals surface area contributed by atoms with Crippen molar-refractivity contribution < 1.29 is 9.59 Å². The van der Waals surface area contributed by atoms with Gasteiger partial charge >= 0.3 is 0 Å². The van der Waals surface area contributed by atoms with Crippen molar-refractivity contribution in [1.29, 1.82) is 0 Å². The summed E-state index contributed by atoms with van der Waals surface area (Å²) in [7, 11) is 1.77. The van der Waals surface area contributed by atoms with Crippen molar-refractivity contribution in [1.82, 2.24) is 0 Å². The molecule has 0 aromatic heterocycles. The normalized spacial score (nSPS) is 16.4. The van der Waals surface area contributed by atoms with Crippen LogP contribution < -0.4 is 14.7 Å². The Kier molecular flexibility index (Phi) is 6.02. The summed E-state index contributed by atoms with van der Waals surface area (Å²) in [6.45, 7) is 8.62. The smallest absolute Gasteiger partial charge is 0.232 e. The zero-order valence-electron chi connectivity index (χ0n) is 17.2. The van der Waals surface area contributed by atoms with E-state index in [1.54, 1.807) is 16.8 Å². The molecular formula is C23H29N3O2. The van der Waals surface area contributed by atoms with E-state index >= 15 is 0 Å². The predicted molar refractivity (Wildman–Crippen MR) is 115 cm³/mol. The van der Waals surface area contributed by atoms with Gasteiger partial charge in [0.2, 0.25) is 11.8 Å². The number of aryl methyl sites for hydroxylation is 1. The minimum absolute atomic E-state index is 0.0125. The molecule has 2 aromatic rings. The van der Waals surface area contributed by atoms with Crippen molar-refractivity contribution in [3.8, 4) is 0 Å². The number of carbonyl (C=O) groups is 2. The number of nitrogens with zero attached hydrogens (tertiary/aromatic N) is 3. The Labute approximate surface area is 167 Å². The molecule has 148 valence electrons. The number of carbonyl (C=O) groups excluding carboxylic acids is 2. The van der Waals surface area contributed by atoms with E-state index in [-0.39, 0.29) is 24.2 Å². The van der Waals surface area contributed by atoms with E-state index in [1.165, 1.54) is 0 Å². The summed E-state index contributed by atoms with van der Waals surface area (Å²) < 4.78 is 0. The first-order valence-electron chi connectivity index (χ1n) is 9.94. The summed E-state index contributed by atoms with van der Waals surface area (Å²) in [5.41, 5.74) is 3.97. The monoisotopic (exact) mass is 379 g/mol. The Morgan fingerprint density at radius 2 is 1.75 bits per heavy atom. The van der Waals surface area contributed by atoms with E-state index in [4.69, 9.17) is 0 Å². The molecule has 5 heteroatoms. The molecule has 3 rings (SSSR count). The average Bonchev–Trinajstić information content (AvgIpc) is 3.10. The van der Waals surface area contributed by atoms with Crippen LogP contribution in [-0.2, 0) is 9.59 Å². The second-order valence-corrected chi connectivity index (χ2v) is 7.28. The molecule has 1 heterocycles. The van der Waals surface area contributed by atoms with Gasteiger partial charge < -0.3 is 14.7 Å². The second kappa shape index (κ2) is 8.46. The number of hydrogen-bond donors (Lipinski definition) is 0. The zero-order chi connectivity index (χ0) is 20.3. The molecule has 5 nitrogen and oxygen atoms in total. The fourth-order valence-corrected chi connectivity index (χ4v) is 3.89. The number of benzene rings is 2. The molecule has 0 radical (unpaired) electrons. The van der Waals surface area contributed by atoms with Crippen LogP contribution in [0.5, 0.6) is 0 Å². The molecule has 0 N–H and O–H groups in total. The van der Waals surface area contributed by atoms with Crippen molar-refractivity contribution >= 4 is 28.9 Å². The molecule has 2 amide bonds. The lowest BCUT2D eigenvalue weighted by atomic mass is 10.1. The number of hydrogen-bond acceptors (Lipinski definition) is 3. The second-order valence-electron chi connectivity index (χ2n) is 7.28. The third kappa shape index (κ3) is 3.88. The maximum Gasteiger partial charge on any atom is 0.232 e. The largest absolute Gasteiger partial charge is 0.372 e. The predicted octanol–water partition coefficient (Wildman–Crippen LogP) is 3.86. The van der Waals surface area contributed by atoms with Gasteiger partial charge in [0.25, 0.3) is 0 Å². The molecule has 0 bridgehead atoms. The molecule has 2 aromatic carbocycles. The van der Waals surface area contributed by atoms with Gasteiger partial charge in [0, 0.05) is 50.2 Å². The van der Waals surface area contributed by atoms with Gasteiger partial charge in [-0.2, -0.15) is 0 Å². The van der Waals surface area contributed by atoms with Crippen LogP contribution in [0.15, 0.2) is 48.5 Å². The first-order chi connectivity index (χ1) is 13.5. The van der Waals surface area contributed by atoms with E-state index in [9.17, 15) is 9.59 Å². The summed E-state index contributed by atoms with van der Waals surface area (Å²) >= 11 is 0. The van der Waals surface area contributed by atoms with E-state index in [0.29, 0.717) is 6.54 Å². The summed E-state index contributed by atoms with van der Waals surface area (Å²) in [5.74, 6) is -0.322. The number of rotatable bonds is 6. The van der Waals surface area contributed by atoms with Crippen LogP contribution in [0.2, 0.25) is 0 Å². The maximum absolute atomic E-state index is 12.9. The standard InChI is InChI=1S/C23H29N3O2/c1-5-25(6-2)20-12-13-21(17(3)14-20)26-16-18(15-22(26)27)23(28)24(4)19-10-8-7-9-11-19/h7-14,18H,5-6,15-16H2,1-4H3. The molecule has 1 atom stereocenters. The van der Waals surface area contributed by atoms with Crippen LogP contribution in [0.3, 0.4) is 0 Å². The van der Waals surface area contributed by atoms with Crippen LogP contribution in [0.4, 0.5) is 17.1 Å². The molecule has 0 aliphatic carbocycles. The Hall–Kier alpha value is -2.82. The molecular weight excluding hydrogens is 350 g/mol. The number of para-hydroxylation sites is 1. The first kappa shape index (κ1) is 19.9. The van der Waals surface area contributed by atoms with Crippen molar-refractivity contribution in [2.24, 2.45) is 5.92 Å². The third-order valence-corrected chi connectivity index (χ3v) is 5.55. The van der Waals surface area contributed by atoms with E-state index in [0.717, 1.165) is 35.7 Å². The Balaban J connectivity index is 1.77. The van der Waals surface area contributed by atoms with E-state index in [1.807, 2.05) is 43.3 Å². The van der Waals surface area contributed by atoms with Crippen molar-refractivity contribution in [3.05, 3.63) is 54.1 Å². The highest BCUT2D eigenvalue weighted by molar-refractivity contribution is 6.04. The van der Waals surface area contributed by atoms with E-state index < -0.39 is 0 Å². The quantitative estimate of drug-likeness (QED) is 0.766. The minimum Gasteiger partial charge on any atom is -0.372 e. The molecule has 0 saturated carbocycles. The van der Waals surface area contributed by atoms with Crippen molar-refractivity contribution in [2.45, 2.75) is 27.2 Å². The molecule has 1 saturated heterocycles. The highest BCUT2D eigenvalue weighted by atomic mass is 16.2. The molecule has 1 aliphatic rings. The lowest BCUT2D eigenvalue weighted by Gasteiger charge is -2.25. The highest BCUT2D eigenvalue weighted by Crippen LogP contribution is 2.31. The number of amides is 2. The Morgan fingerprint density at radius 1 is 1.07 bits per heavy atom. The van der Waals surface area contributed by atoms with Gasteiger partial charge in [0.15, 0.2) is 0 Å². The summed E-state index contributed by atoms with van der Waals surface area (Å²) in [5, 5.41) is 0. The first-order valence-corrected chi connectivity index (χ1v) is 9.94. The highest BCUT2D eigenvalue weighted by Gasteiger charge is 2.37. The Bertz CT molecular complexity index is 846. The lowest BCUT2D eigenvalue weighted by molar-refractivity contribution is -0.124. The fourth-order valence-electron chi connectivity index (χ4n) is 3.89. The minimum atomic E-state index is -0.320. The summed E-state index contributed by atoms with van der Waals surface area (Å²) in [4.78, 5) is 31.3. The zero-order valence-corrected chi connectivity index (χ0v) is 17.2. The third-order valence-electron chi connectivity index (χ3n) is 5.55. The summed E-state index contributed by atoms with van der Waals surface area (Å²) in [6, 6.07) is 15.7. The summed E-state index contributed by atoms with van der Waals surface area (Å²) in [6.07, 6.45) is 0.257. The van der Waals surface area contributed by atoms with Gasteiger partial charge in [-0.25, -0.2) is 0 Å². The van der Waals surface area contributed by atoms with Crippen molar-refractivity contribution in [2.75, 3.05) is 41.4 Å². The van der Waals surface area contributed by atoms with Crippen LogP contribution in [0.25, 0.3) is 0 Å². The van der Waals surface area contributed by atoms with Crippen LogP contribution in [-0.4, -0.2) is 38.5 Å². The van der Waals surface area contributed by atoms with Crippen molar-refractivity contribution in [3.63, 3.8) is 0 Å². The molecule has 1 aliphatic heterocycles. The van der Waals surface area contributed by atoms with Gasteiger partial charge in [0.05, 0.1) is 5.92 Å². The fraction of sp³-hybridized carbons (Fsp3) is 0.391. The SMILES string of the molecule is CCN(CC)c1ccc(N2CC(C(=O)N(C)c3ccccc3)CC2=O)c(C)c1. The maximum atomic E-state index is 12.9. The lowest BCUT2D eigenvalue weighted by Crippen LogP contribution is -2.34. The van der Waals surface area contributed by atoms with Gasteiger partial charge in [-0.1, -0.05) is 18.2 Å². The van der Waals surface area contributed by atoms with Gasteiger partial charge in [-0.15, -0.1) is 0 Å². The Morgan fingerprint density at radius 3 is 2.36 bits per heavy atom. The molecule has 0 spiro atoms. The molecule has 1 fully saturated rings. The van der Waals surface area contributed by atoms with Gasteiger partial charge in [-0.3, -0.25) is 9.59 Å². The van der Waals surface area contributed by atoms with Gasteiger partial charge in [0.1, 0.15) is 0 Å². The molecule has 1 unspecified atom stereocenters. The molecule has 28 heavy (non-hydrogen) atoms. The van der Waals surface area contributed by atoms with Crippen LogP contribution in [0.1, 0.15) is 25.8 Å². The van der Waals surface area contributed by atoms with Crippen LogP contribution in [0, 0.1) is 12.8 Å². The topological polar surface area (TPSA) is 43.9 Å². The van der Waals surface area contributed by atoms with Crippen LogP contribution >= 0.6 is 0 Å². The van der Waals surface area contributed by atoms with Gasteiger partial charge in [-0.05, 0) is 56.7 Å². The number of anilines is 3. The van der Waals surface area contributed by atoms with E-state index in [2.05, 4.69) is 30.9 Å².